The van der Waals surface area contributed by atoms with E-state index < -0.39 is 0 Å². The first kappa shape index (κ1) is 21.4. The topological polar surface area (TPSA) is 6.48 Å². The molecule has 142 valence electrons. The minimum absolute atomic E-state index is 0.639. The lowest BCUT2D eigenvalue weighted by molar-refractivity contribution is 0.142. The second kappa shape index (κ2) is 14.7. The van der Waals surface area contributed by atoms with Gasteiger partial charge in [0.05, 0.1) is 0 Å². The van der Waals surface area contributed by atoms with E-state index in [1.807, 2.05) is 0 Å². The molecule has 0 aromatic rings. The number of rotatable bonds is 16. The summed E-state index contributed by atoms with van der Waals surface area (Å²) in [4.78, 5) is 5.12. The average molecular weight is 337 g/mol. The highest BCUT2D eigenvalue weighted by Gasteiger charge is 2.23. The molecule has 0 aliphatic carbocycles. The predicted octanol–water partition coefficient (Wildman–Crippen LogP) is 6.92. The Morgan fingerprint density at radius 1 is 0.583 bits per heavy atom. The average Bonchev–Trinajstić information content (AvgIpc) is 2.99. The molecule has 1 rings (SSSR count). The van der Waals surface area contributed by atoms with Gasteiger partial charge in [-0.05, 0) is 26.2 Å². The van der Waals surface area contributed by atoms with Crippen molar-refractivity contribution in [1.29, 1.82) is 0 Å². The van der Waals surface area contributed by atoms with E-state index in [0.717, 1.165) is 6.54 Å². The fourth-order valence-corrected chi connectivity index (χ4v) is 3.79. The molecule has 0 saturated carbocycles. The summed E-state index contributed by atoms with van der Waals surface area (Å²) in [5.41, 5.74) is 0. The van der Waals surface area contributed by atoms with Crippen LogP contribution >= 0.6 is 0 Å². The molecule has 24 heavy (non-hydrogen) atoms. The maximum Gasteiger partial charge on any atom is 0.101 e. The molecule has 0 fully saturated rings. The van der Waals surface area contributed by atoms with Crippen LogP contribution in [0.3, 0.4) is 0 Å². The standard InChI is InChI=1S/C22H44N2/c1-4-7-9-10-11-12-13-14-15-17-19-24-21-20-23(6-3)22(24)18-16-8-5-2/h20-22H,4-19H2,1-3H3. The molecule has 0 spiro atoms. The van der Waals surface area contributed by atoms with Crippen molar-refractivity contribution in [3.05, 3.63) is 12.4 Å². The zero-order valence-electron chi connectivity index (χ0n) is 16.9. The van der Waals surface area contributed by atoms with Crippen molar-refractivity contribution >= 4 is 0 Å². The van der Waals surface area contributed by atoms with Gasteiger partial charge in [0.25, 0.3) is 0 Å². The van der Waals surface area contributed by atoms with Gasteiger partial charge < -0.3 is 9.80 Å². The SMILES string of the molecule is CCCCCCCCCCCCN1C=CN(CC)C1CCCCC. The fraction of sp³-hybridized carbons (Fsp3) is 0.909. The van der Waals surface area contributed by atoms with Gasteiger partial charge in [-0.1, -0.05) is 84.5 Å². The Morgan fingerprint density at radius 3 is 1.67 bits per heavy atom. The Balaban J connectivity index is 2.05. The van der Waals surface area contributed by atoms with Crippen LogP contribution in [0.25, 0.3) is 0 Å². The third-order valence-electron chi connectivity index (χ3n) is 5.42. The van der Waals surface area contributed by atoms with E-state index in [1.54, 1.807) is 0 Å². The second-order valence-electron chi connectivity index (χ2n) is 7.52. The molecule has 1 atom stereocenters. The molecule has 1 heterocycles. The molecule has 2 nitrogen and oxygen atoms in total. The van der Waals surface area contributed by atoms with Crippen molar-refractivity contribution in [2.75, 3.05) is 13.1 Å². The van der Waals surface area contributed by atoms with Crippen LogP contribution in [0, 0.1) is 0 Å². The van der Waals surface area contributed by atoms with E-state index in [9.17, 15) is 0 Å². The summed E-state index contributed by atoms with van der Waals surface area (Å²) in [6.07, 6.45) is 24.9. The Kier molecular flexibility index (Phi) is 13.1. The first-order valence-corrected chi connectivity index (χ1v) is 11.0. The normalized spacial score (nSPS) is 17.2. The minimum Gasteiger partial charge on any atom is -0.356 e. The smallest absolute Gasteiger partial charge is 0.101 e. The molecule has 0 aromatic heterocycles. The Bertz CT molecular complexity index is 300. The Morgan fingerprint density at radius 2 is 1.08 bits per heavy atom. The van der Waals surface area contributed by atoms with E-state index in [4.69, 9.17) is 0 Å². The van der Waals surface area contributed by atoms with Gasteiger partial charge in [0, 0.05) is 25.5 Å². The number of nitrogens with zero attached hydrogens (tertiary/aromatic N) is 2. The van der Waals surface area contributed by atoms with Crippen molar-refractivity contribution in [3.8, 4) is 0 Å². The lowest BCUT2D eigenvalue weighted by Gasteiger charge is -2.32. The monoisotopic (exact) mass is 336 g/mol. The van der Waals surface area contributed by atoms with Gasteiger partial charge in [-0.2, -0.15) is 0 Å². The minimum atomic E-state index is 0.639. The molecule has 2 heteroatoms. The van der Waals surface area contributed by atoms with Gasteiger partial charge in [-0.15, -0.1) is 0 Å². The van der Waals surface area contributed by atoms with Crippen LogP contribution < -0.4 is 0 Å². The second-order valence-corrected chi connectivity index (χ2v) is 7.52. The summed E-state index contributed by atoms with van der Waals surface area (Å²) >= 11 is 0. The van der Waals surface area contributed by atoms with Gasteiger partial charge in [-0.3, -0.25) is 0 Å². The van der Waals surface area contributed by atoms with Crippen LogP contribution in [0.2, 0.25) is 0 Å². The quantitative estimate of drug-likeness (QED) is 0.282. The highest BCUT2D eigenvalue weighted by atomic mass is 15.4. The third-order valence-corrected chi connectivity index (χ3v) is 5.42. The maximum atomic E-state index is 2.60. The summed E-state index contributed by atoms with van der Waals surface area (Å²) < 4.78 is 0. The predicted molar refractivity (Wildman–Crippen MR) is 108 cm³/mol. The van der Waals surface area contributed by atoms with Crippen molar-refractivity contribution in [3.63, 3.8) is 0 Å². The lowest BCUT2D eigenvalue weighted by Crippen LogP contribution is -2.38. The van der Waals surface area contributed by atoms with E-state index in [2.05, 4.69) is 43.0 Å². The molecular formula is C22H44N2. The van der Waals surface area contributed by atoms with Crippen LogP contribution in [-0.2, 0) is 0 Å². The molecule has 0 amide bonds. The van der Waals surface area contributed by atoms with Crippen molar-refractivity contribution in [1.82, 2.24) is 9.80 Å². The first-order valence-electron chi connectivity index (χ1n) is 11.0. The zero-order chi connectivity index (χ0) is 17.5. The van der Waals surface area contributed by atoms with Gasteiger partial charge in [0.1, 0.15) is 6.17 Å². The van der Waals surface area contributed by atoms with E-state index >= 15 is 0 Å². The molecule has 0 saturated heterocycles. The largest absolute Gasteiger partial charge is 0.356 e. The van der Waals surface area contributed by atoms with E-state index in [1.165, 1.54) is 96.4 Å². The molecule has 0 N–H and O–H groups in total. The van der Waals surface area contributed by atoms with Crippen LogP contribution in [0.4, 0.5) is 0 Å². The van der Waals surface area contributed by atoms with Crippen molar-refractivity contribution in [2.45, 2.75) is 117 Å². The number of unbranched alkanes of at least 4 members (excludes halogenated alkanes) is 11. The number of hydrogen-bond donors (Lipinski definition) is 0. The third kappa shape index (κ3) is 8.99. The first-order chi connectivity index (χ1) is 11.8. The summed E-state index contributed by atoms with van der Waals surface area (Å²) in [7, 11) is 0. The van der Waals surface area contributed by atoms with Crippen LogP contribution in [0.1, 0.15) is 111 Å². The van der Waals surface area contributed by atoms with Crippen LogP contribution in [-0.4, -0.2) is 29.1 Å². The van der Waals surface area contributed by atoms with Gasteiger partial charge in [0.2, 0.25) is 0 Å². The van der Waals surface area contributed by atoms with Crippen molar-refractivity contribution < 1.29 is 0 Å². The van der Waals surface area contributed by atoms with Gasteiger partial charge in [0.15, 0.2) is 0 Å². The highest BCUT2D eigenvalue weighted by molar-refractivity contribution is 4.96. The summed E-state index contributed by atoms with van der Waals surface area (Å²) in [5, 5.41) is 0. The maximum absolute atomic E-state index is 2.60. The molecule has 1 aliphatic rings. The molecule has 1 unspecified atom stereocenters. The molecule has 0 bridgehead atoms. The zero-order valence-corrected chi connectivity index (χ0v) is 16.9. The molecule has 0 aromatic carbocycles. The lowest BCUT2D eigenvalue weighted by atomic mass is 10.1. The summed E-state index contributed by atoms with van der Waals surface area (Å²) in [5.74, 6) is 0. The number of hydrogen-bond acceptors (Lipinski definition) is 2. The van der Waals surface area contributed by atoms with Gasteiger partial charge >= 0.3 is 0 Å². The molecular weight excluding hydrogens is 292 g/mol. The van der Waals surface area contributed by atoms with Crippen LogP contribution in [0.15, 0.2) is 12.4 Å². The summed E-state index contributed by atoms with van der Waals surface area (Å²) in [6, 6.07) is 0. The molecule has 0 radical (unpaired) electrons. The summed E-state index contributed by atoms with van der Waals surface area (Å²) in [6.45, 7) is 9.26. The fourth-order valence-electron chi connectivity index (χ4n) is 3.79. The van der Waals surface area contributed by atoms with Crippen LogP contribution in [0.5, 0.6) is 0 Å². The Hall–Kier alpha value is -0.660. The highest BCUT2D eigenvalue weighted by Crippen LogP contribution is 2.22. The van der Waals surface area contributed by atoms with E-state index in [0.29, 0.717) is 6.17 Å². The van der Waals surface area contributed by atoms with Gasteiger partial charge in [-0.25, -0.2) is 0 Å². The molecule has 1 aliphatic heterocycles. The Labute approximate surface area is 152 Å². The van der Waals surface area contributed by atoms with Crippen molar-refractivity contribution in [2.24, 2.45) is 0 Å². The van der Waals surface area contributed by atoms with E-state index in [-0.39, 0.29) is 0 Å².